The highest BCUT2D eigenvalue weighted by Crippen LogP contribution is 2.32. The van der Waals surface area contributed by atoms with E-state index in [0.717, 1.165) is 21.1 Å². The van der Waals surface area contributed by atoms with E-state index in [0.29, 0.717) is 16.4 Å². The average Bonchev–Trinajstić information content (AvgIpc) is 2.55. The molecule has 0 radical (unpaired) electrons. The van der Waals surface area contributed by atoms with E-state index in [2.05, 4.69) is 25.9 Å². The first kappa shape index (κ1) is 15.1. The summed E-state index contributed by atoms with van der Waals surface area (Å²) in [6, 6.07) is 14.5. The first-order chi connectivity index (χ1) is 11.5. The predicted molar refractivity (Wildman–Crippen MR) is 97.3 cm³/mol. The van der Waals surface area contributed by atoms with Crippen molar-refractivity contribution in [3.63, 3.8) is 0 Å². The highest BCUT2D eigenvalue weighted by molar-refractivity contribution is 9.10. The van der Waals surface area contributed by atoms with E-state index in [1.54, 1.807) is 22.8 Å². The van der Waals surface area contributed by atoms with Crippen LogP contribution in [-0.4, -0.2) is 14.5 Å². The molecule has 0 unspecified atom stereocenters. The molecule has 0 spiro atoms. The molecule has 5 nitrogen and oxygen atoms in total. The number of nitrogens with zero attached hydrogens (tertiary/aromatic N) is 2. The molecule has 0 saturated heterocycles. The van der Waals surface area contributed by atoms with Crippen molar-refractivity contribution < 1.29 is 0 Å². The number of hydrogen-bond acceptors (Lipinski definition) is 3. The minimum atomic E-state index is -0.679. The summed E-state index contributed by atoms with van der Waals surface area (Å²) in [5.74, 6) is 0.297. The molecular formula is C17H9BrClN3O2. The van der Waals surface area contributed by atoms with Gasteiger partial charge in [0.1, 0.15) is 0 Å². The van der Waals surface area contributed by atoms with Crippen molar-refractivity contribution >= 4 is 38.4 Å². The summed E-state index contributed by atoms with van der Waals surface area (Å²) >= 11 is 9.52. The van der Waals surface area contributed by atoms with E-state index in [-0.39, 0.29) is 0 Å². The Bertz CT molecular complexity index is 1170. The SMILES string of the molecule is O=c1nc2n(-c3ccc(Cl)cc3)c3c(Br)cccc3cc-2c(=O)[nH]1. The Morgan fingerprint density at radius 2 is 1.83 bits per heavy atom. The monoisotopic (exact) mass is 401 g/mol. The molecule has 0 fully saturated rings. The smallest absolute Gasteiger partial charge is 0.292 e. The summed E-state index contributed by atoms with van der Waals surface area (Å²) in [4.78, 5) is 30.2. The summed E-state index contributed by atoms with van der Waals surface area (Å²) in [5, 5.41) is 1.44. The van der Waals surface area contributed by atoms with Crippen LogP contribution in [0, 0.1) is 0 Å². The van der Waals surface area contributed by atoms with Crippen molar-refractivity contribution in [2.75, 3.05) is 0 Å². The van der Waals surface area contributed by atoms with Gasteiger partial charge in [0.25, 0.3) is 5.56 Å². The minimum absolute atomic E-state index is 0.297. The zero-order chi connectivity index (χ0) is 16.8. The minimum Gasteiger partial charge on any atom is -0.292 e. The summed E-state index contributed by atoms with van der Waals surface area (Å²) in [6.45, 7) is 0. The van der Waals surface area contributed by atoms with Gasteiger partial charge < -0.3 is 0 Å². The second-order valence-corrected chi connectivity index (χ2v) is 6.53. The standard InChI is InChI=1S/C17H9BrClN3O2/c18-13-3-1-2-9-8-12-15(20-17(24)21-16(12)23)22(14(9)13)11-6-4-10(19)5-7-11/h1-8H,(H,21,23,24). The number of rotatable bonds is 1. The first-order valence-corrected chi connectivity index (χ1v) is 8.22. The lowest BCUT2D eigenvalue weighted by Gasteiger charge is -2.18. The van der Waals surface area contributed by atoms with Gasteiger partial charge in [-0.25, -0.2) is 4.79 Å². The number of fused-ring (bicyclic) bond motifs is 2. The molecule has 24 heavy (non-hydrogen) atoms. The molecule has 1 N–H and O–H groups in total. The highest BCUT2D eigenvalue weighted by atomic mass is 79.9. The Kier molecular flexibility index (Phi) is 3.51. The fraction of sp³-hybridized carbons (Fsp3) is 0. The molecule has 0 bridgehead atoms. The Hall–Kier alpha value is -2.44. The molecule has 0 saturated carbocycles. The Morgan fingerprint density at radius 3 is 2.58 bits per heavy atom. The quantitative estimate of drug-likeness (QED) is 0.495. The number of aromatic amines is 1. The summed E-state index contributed by atoms with van der Waals surface area (Å²) in [6.07, 6.45) is 0. The molecule has 0 aromatic heterocycles. The number of hydrogen-bond donors (Lipinski definition) is 1. The van der Waals surface area contributed by atoms with Gasteiger partial charge in [-0.15, -0.1) is 0 Å². The van der Waals surface area contributed by atoms with Gasteiger partial charge >= 0.3 is 5.69 Å². The van der Waals surface area contributed by atoms with Crippen LogP contribution in [0.15, 0.2) is 62.6 Å². The van der Waals surface area contributed by atoms with Crippen LogP contribution in [0.1, 0.15) is 0 Å². The van der Waals surface area contributed by atoms with Gasteiger partial charge in [0.15, 0.2) is 5.82 Å². The number of pyridine rings is 1. The van der Waals surface area contributed by atoms with E-state index < -0.39 is 11.2 Å². The van der Waals surface area contributed by atoms with Gasteiger partial charge in [0, 0.05) is 20.6 Å². The van der Waals surface area contributed by atoms with Gasteiger partial charge in [-0.1, -0.05) is 23.7 Å². The number of benzene rings is 2. The topological polar surface area (TPSA) is 67.8 Å². The van der Waals surface area contributed by atoms with Crippen LogP contribution in [0.3, 0.4) is 0 Å². The second-order valence-electron chi connectivity index (χ2n) is 5.24. The van der Waals surface area contributed by atoms with E-state index in [9.17, 15) is 9.59 Å². The Labute approximate surface area is 149 Å². The van der Waals surface area contributed by atoms with Crippen molar-refractivity contribution in [2.45, 2.75) is 0 Å². The van der Waals surface area contributed by atoms with Crippen molar-refractivity contribution in [1.29, 1.82) is 0 Å². The third kappa shape index (κ3) is 2.35. The second kappa shape index (κ2) is 5.58. The fourth-order valence-corrected chi connectivity index (χ4v) is 3.42. The average molecular weight is 403 g/mol. The van der Waals surface area contributed by atoms with Gasteiger partial charge in [0.05, 0.1) is 11.1 Å². The molecule has 4 rings (SSSR count). The number of halogens is 2. The molecule has 2 aromatic carbocycles. The number of nitrogens with one attached hydrogen (secondary N) is 1. The zero-order valence-corrected chi connectivity index (χ0v) is 14.4. The number of para-hydroxylation sites is 1. The third-order valence-electron chi connectivity index (χ3n) is 3.75. The molecule has 7 heteroatoms. The molecule has 2 aromatic rings. The lowest BCUT2D eigenvalue weighted by molar-refractivity contribution is 0.958. The maximum Gasteiger partial charge on any atom is 0.349 e. The van der Waals surface area contributed by atoms with Crippen LogP contribution in [0.2, 0.25) is 5.02 Å². The van der Waals surface area contributed by atoms with Gasteiger partial charge in [-0.2, -0.15) is 4.98 Å². The van der Waals surface area contributed by atoms with Crippen LogP contribution in [-0.2, 0) is 0 Å². The third-order valence-corrected chi connectivity index (χ3v) is 4.64. The van der Waals surface area contributed by atoms with E-state index in [1.165, 1.54) is 0 Å². The highest BCUT2D eigenvalue weighted by Gasteiger charge is 2.19. The van der Waals surface area contributed by atoms with Crippen LogP contribution in [0.25, 0.3) is 28.0 Å². The summed E-state index contributed by atoms with van der Waals surface area (Å²) < 4.78 is 2.60. The van der Waals surface area contributed by atoms with Crippen molar-refractivity contribution in [1.82, 2.24) is 14.5 Å². The van der Waals surface area contributed by atoms with Crippen molar-refractivity contribution in [3.05, 3.63) is 78.9 Å². The zero-order valence-electron chi connectivity index (χ0n) is 12.1. The molecule has 2 heterocycles. The fourth-order valence-electron chi connectivity index (χ4n) is 2.74. The maximum absolute atomic E-state index is 12.2. The lowest BCUT2D eigenvalue weighted by atomic mass is 10.1. The molecule has 118 valence electrons. The number of H-pyrrole nitrogens is 1. The van der Waals surface area contributed by atoms with Crippen molar-refractivity contribution in [2.24, 2.45) is 0 Å². The van der Waals surface area contributed by atoms with Crippen LogP contribution < -0.4 is 11.2 Å². The first-order valence-electron chi connectivity index (χ1n) is 7.05. The van der Waals surface area contributed by atoms with Gasteiger partial charge in [-0.3, -0.25) is 14.3 Å². The summed E-state index contributed by atoms with van der Waals surface area (Å²) in [5.41, 5.74) is 0.760. The maximum atomic E-state index is 12.2. The predicted octanol–water partition coefficient (Wildman–Crippen LogP) is 3.59. The Morgan fingerprint density at radius 1 is 1.08 bits per heavy atom. The molecule has 0 atom stereocenters. The Balaban J connectivity index is 2.27. The van der Waals surface area contributed by atoms with Gasteiger partial charge in [0.2, 0.25) is 0 Å². The van der Waals surface area contributed by atoms with Crippen molar-refractivity contribution in [3.8, 4) is 17.1 Å². The largest absolute Gasteiger partial charge is 0.349 e. The van der Waals surface area contributed by atoms with Crippen LogP contribution >= 0.6 is 27.5 Å². The lowest BCUT2D eigenvalue weighted by Crippen LogP contribution is -2.27. The van der Waals surface area contributed by atoms with Gasteiger partial charge in [-0.05, 0) is 52.3 Å². The molecule has 0 aliphatic carbocycles. The number of aromatic nitrogens is 3. The molecule has 2 aliphatic heterocycles. The van der Waals surface area contributed by atoms with Crippen LogP contribution in [0.4, 0.5) is 0 Å². The normalized spacial score (nSPS) is 11.2. The summed E-state index contributed by atoms with van der Waals surface area (Å²) in [7, 11) is 0. The molecule has 0 amide bonds. The van der Waals surface area contributed by atoms with E-state index in [1.807, 2.05) is 30.3 Å². The van der Waals surface area contributed by atoms with E-state index in [4.69, 9.17) is 11.6 Å². The van der Waals surface area contributed by atoms with E-state index >= 15 is 0 Å². The molecular weight excluding hydrogens is 394 g/mol. The molecule has 2 aliphatic rings. The van der Waals surface area contributed by atoms with Crippen LogP contribution in [0.5, 0.6) is 0 Å².